The van der Waals surface area contributed by atoms with Gasteiger partial charge in [-0.15, -0.1) is 0 Å². The van der Waals surface area contributed by atoms with Crippen LogP contribution < -0.4 is 10.1 Å². The number of aliphatic hydroxyl groups excluding tert-OH is 1. The summed E-state index contributed by atoms with van der Waals surface area (Å²) in [5.41, 5.74) is 3.61. The molecule has 0 saturated carbocycles. The third-order valence-corrected chi connectivity index (χ3v) is 6.12. The first-order valence-corrected chi connectivity index (χ1v) is 11.2. The summed E-state index contributed by atoms with van der Waals surface area (Å²) in [6.45, 7) is 0. The van der Waals surface area contributed by atoms with Crippen molar-refractivity contribution in [2.75, 3.05) is 12.4 Å². The molecule has 162 valence electrons. The van der Waals surface area contributed by atoms with E-state index in [1.165, 1.54) is 11.3 Å². The van der Waals surface area contributed by atoms with E-state index in [1.807, 2.05) is 84.9 Å². The SMILES string of the molecule is COc1ccc(-c2sc(NC(=O)CC[C@H](O)c3ccccc3)nc2-c2ccccc2)cc1. The molecule has 3 aromatic carbocycles. The first kappa shape index (κ1) is 21.7. The second kappa shape index (κ2) is 10.2. The van der Waals surface area contributed by atoms with E-state index >= 15 is 0 Å². The molecule has 1 atom stereocenters. The summed E-state index contributed by atoms with van der Waals surface area (Å²) in [6.07, 6.45) is -0.125. The van der Waals surface area contributed by atoms with Crippen molar-refractivity contribution < 1.29 is 14.6 Å². The lowest BCUT2D eigenvalue weighted by Crippen LogP contribution is -2.12. The van der Waals surface area contributed by atoms with Crippen LogP contribution in [0.3, 0.4) is 0 Å². The minimum absolute atomic E-state index is 0.172. The lowest BCUT2D eigenvalue weighted by Gasteiger charge is -2.10. The van der Waals surface area contributed by atoms with Gasteiger partial charge in [0, 0.05) is 12.0 Å². The molecular formula is C26H24N2O3S. The molecular weight excluding hydrogens is 420 g/mol. The van der Waals surface area contributed by atoms with Crippen molar-refractivity contribution >= 4 is 22.4 Å². The number of carbonyl (C=O) groups is 1. The van der Waals surface area contributed by atoms with Crippen molar-refractivity contribution in [2.24, 2.45) is 0 Å². The van der Waals surface area contributed by atoms with Crippen LogP contribution in [0, 0.1) is 0 Å². The van der Waals surface area contributed by atoms with Gasteiger partial charge >= 0.3 is 0 Å². The van der Waals surface area contributed by atoms with Gasteiger partial charge in [0.05, 0.1) is 23.8 Å². The summed E-state index contributed by atoms with van der Waals surface area (Å²) in [6, 6.07) is 27.1. The van der Waals surface area contributed by atoms with Gasteiger partial charge in [0.1, 0.15) is 5.75 Å². The molecule has 0 aliphatic heterocycles. The van der Waals surface area contributed by atoms with Crippen LogP contribution in [-0.2, 0) is 4.79 Å². The Kier molecular flexibility index (Phi) is 6.94. The molecule has 0 aliphatic rings. The number of hydrogen-bond acceptors (Lipinski definition) is 5. The first-order valence-electron chi connectivity index (χ1n) is 10.4. The van der Waals surface area contributed by atoms with Crippen LogP contribution in [-0.4, -0.2) is 23.1 Å². The fraction of sp³-hybridized carbons (Fsp3) is 0.154. The molecule has 0 fully saturated rings. The fourth-order valence-electron chi connectivity index (χ4n) is 3.39. The molecule has 0 saturated heterocycles. The van der Waals surface area contributed by atoms with E-state index in [1.54, 1.807) is 7.11 Å². The van der Waals surface area contributed by atoms with Crippen LogP contribution >= 0.6 is 11.3 Å². The lowest BCUT2D eigenvalue weighted by molar-refractivity contribution is -0.116. The molecule has 2 N–H and O–H groups in total. The molecule has 0 spiro atoms. The molecule has 0 aliphatic carbocycles. The Balaban J connectivity index is 1.52. The van der Waals surface area contributed by atoms with Gasteiger partial charge in [-0.1, -0.05) is 72.0 Å². The third-order valence-electron chi connectivity index (χ3n) is 5.10. The number of amides is 1. The van der Waals surface area contributed by atoms with Crippen LogP contribution in [0.4, 0.5) is 5.13 Å². The number of rotatable bonds is 8. The van der Waals surface area contributed by atoms with Crippen LogP contribution in [0.5, 0.6) is 5.75 Å². The van der Waals surface area contributed by atoms with Gasteiger partial charge in [0.15, 0.2) is 5.13 Å². The number of thiazole rings is 1. The number of nitrogens with zero attached hydrogens (tertiary/aromatic N) is 1. The largest absolute Gasteiger partial charge is 0.497 e. The minimum Gasteiger partial charge on any atom is -0.497 e. The van der Waals surface area contributed by atoms with E-state index in [0.717, 1.165) is 33.0 Å². The monoisotopic (exact) mass is 444 g/mol. The first-order chi connectivity index (χ1) is 15.6. The van der Waals surface area contributed by atoms with Crippen LogP contribution in [0.25, 0.3) is 21.7 Å². The van der Waals surface area contributed by atoms with Crippen molar-refractivity contribution in [3.8, 4) is 27.4 Å². The molecule has 6 heteroatoms. The predicted molar refractivity (Wildman–Crippen MR) is 129 cm³/mol. The lowest BCUT2D eigenvalue weighted by atomic mass is 10.1. The standard InChI is InChI=1S/C26H24N2O3S/c1-31-21-14-12-20(13-15-21)25-24(19-10-6-3-7-11-19)28-26(32-25)27-23(30)17-16-22(29)18-8-4-2-5-9-18/h2-15,22,29H,16-17H2,1H3,(H,27,28,30)/t22-/m0/s1. The minimum atomic E-state index is -0.673. The Morgan fingerprint density at radius 2 is 1.62 bits per heavy atom. The van der Waals surface area contributed by atoms with E-state index in [2.05, 4.69) is 5.32 Å². The number of aliphatic hydroxyl groups is 1. The zero-order chi connectivity index (χ0) is 22.3. The maximum absolute atomic E-state index is 12.6. The summed E-state index contributed by atoms with van der Waals surface area (Å²) in [7, 11) is 1.64. The number of hydrogen-bond donors (Lipinski definition) is 2. The van der Waals surface area contributed by atoms with Crippen LogP contribution in [0.2, 0.25) is 0 Å². The number of methoxy groups -OCH3 is 1. The normalized spacial score (nSPS) is 11.7. The van der Waals surface area contributed by atoms with E-state index in [0.29, 0.717) is 11.6 Å². The fourth-order valence-corrected chi connectivity index (χ4v) is 4.40. The summed E-state index contributed by atoms with van der Waals surface area (Å²) in [5.74, 6) is 0.611. The number of benzene rings is 3. The van der Waals surface area contributed by atoms with E-state index < -0.39 is 6.10 Å². The van der Waals surface area contributed by atoms with Gasteiger partial charge in [-0.05, 0) is 41.8 Å². The molecule has 5 nitrogen and oxygen atoms in total. The van der Waals surface area contributed by atoms with Gasteiger partial charge in [0.2, 0.25) is 5.91 Å². The van der Waals surface area contributed by atoms with Crippen molar-refractivity contribution in [3.63, 3.8) is 0 Å². The highest BCUT2D eigenvalue weighted by Gasteiger charge is 2.17. The quantitative estimate of drug-likeness (QED) is 0.353. The van der Waals surface area contributed by atoms with Gasteiger partial charge in [-0.3, -0.25) is 4.79 Å². The van der Waals surface area contributed by atoms with Crippen molar-refractivity contribution in [2.45, 2.75) is 18.9 Å². The second-order valence-corrected chi connectivity index (χ2v) is 8.30. The second-order valence-electron chi connectivity index (χ2n) is 7.30. The summed E-state index contributed by atoms with van der Waals surface area (Å²) >= 11 is 1.43. The smallest absolute Gasteiger partial charge is 0.226 e. The number of aromatic nitrogens is 1. The van der Waals surface area contributed by atoms with Crippen molar-refractivity contribution in [3.05, 3.63) is 90.5 Å². The van der Waals surface area contributed by atoms with E-state index in [-0.39, 0.29) is 12.3 Å². The Morgan fingerprint density at radius 1 is 0.969 bits per heavy atom. The molecule has 1 aromatic heterocycles. The Hall–Kier alpha value is -3.48. The highest BCUT2D eigenvalue weighted by Crippen LogP contribution is 2.39. The van der Waals surface area contributed by atoms with Crippen LogP contribution in [0.1, 0.15) is 24.5 Å². The van der Waals surface area contributed by atoms with Crippen LogP contribution in [0.15, 0.2) is 84.9 Å². The predicted octanol–water partition coefficient (Wildman–Crippen LogP) is 5.94. The molecule has 32 heavy (non-hydrogen) atoms. The highest BCUT2D eigenvalue weighted by molar-refractivity contribution is 7.19. The van der Waals surface area contributed by atoms with Crippen molar-refractivity contribution in [1.29, 1.82) is 0 Å². The zero-order valence-electron chi connectivity index (χ0n) is 17.7. The topological polar surface area (TPSA) is 71.5 Å². The summed E-state index contributed by atoms with van der Waals surface area (Å²) in [5, 5.41) is 13.8. The number of ether oxygens (including phenoxy) is 1. The molecule has 0 bridgehead atoms. The van der Waals surface area contributed by atoms with Gasteiger partial charge in [-0.2, -0.15) is 0 Å². The molecule has 0 radical (unpaired) electrons. The summed E-state index contributed by atoms with van der Waals surface area (Å²) in [4.78, 5) is 18.2. The Morgan fingerprint density at radius 3 is 2.28 bits per heavy atom. The van der Waals surface area contributed by atoms with Gasteiger partial charge in [-0.25, -0.2) is 4.98 Å². The molecule has 0 unspecified atom stereocenters. The number of anilines is 1. The molecule has 1 heterocycles. The molecule has 1 amide bonds. The molecule has 4 aromatic rings. The highest BCUT2D eigenvalue weighted by atomic mass is 32.1. The van der Waals surface area contributed by atoms with E-state index in [4.69, 9.17) is 9.72 Å². The van der Waals surface area contributed by atoms with E-state index in [9.17, 15) is 9.90 Å². The number of carbonyl (C=O) groups excluding carboxylic acids is 1. The molecule has 4 rings (SSSR count). The number of nitrogens with one attached hydrogen (secondary N) is 1. The Labute approximate surface area is 191 Å². The average Bonchev–Trinajstić information content (AvgIpc) is 3.27. The zero-order valence-corrected chi connectivity index (χ0v) is 18.5. The average molecular weight is 445 g/mol. The maximum atomic E-state index is 12.6. The van der Waals surface area contributed by atoms with Crippen molar-refractivity contribution in [1.82, 2.24) is 4.98 Å². The van der Waals surface area contributed by atoms with Gasteiger partial charge < -0.3 is 15.2 Å². The van der Waals surface area contributed by atoms with Gasteiger partial charge in [0.25, 0.3) is 0 Å². The maximum Gasteiger partial charge on any atom is 0.226 e. The third kappa shape index (κ3) is 5.22. The Bertz CT molecular complexity index is 1160. The summed E-state index contributed by atoms with van der Waals surface area (Å²) < 4.78 is 5.27.